The van der Waals surface area contributed by atoms with E-state index in [0.29, 0.717) is 17.3 Å². The molecule has 2 aromatic carbocycles. The number of carbonyl (C=O) groups excluding carboxylic acids is 1. The van der Waals surface area contributed by atoms with Crippen LogP contribution in [0, 0.1) is 0 Å². The van der Waals surface area contributed by atoms with Crippen molar-refractivity contribution >= 4 is 34.1 Å². The molecule has 1 fully saturated rings. The van der Waals surface area contributed by atoms with Crippen molar-refractivity contribution in [3.63, 3.8) is 0 Å². The Morgan fingerprint density at radius 2 is 1.82 bits per heavy atom. The molecule has 0 bridgehead atoms. The van der Waals surface area contributed by atoms with Gasteiger partial charge in [0, 0.05) is 62.4 Å². The molecule has 3 heterocycles. The largest absolute Gasteiger partial charge is 0.369 e. The summed E-state index contributed by atoms with van der Waals surface area (Å²) in [5.41, 5.74) is 3.65. The minimum Gasteiger partial charge on any atom is -0.369 e. The molecule has 168 valence electrons. The summed E-state index contributed by atoms with van der Waals surface area (Å²) in [5.74, 6) is 1.06. The van der Waals surface area contributed by atoms with Gasteiger partial charge in [0.2, 0.25) is 5.95 Å². The van der Waals surface area contributed by atoms with Crippen molar-refractivity contribution in [2.24, 2.45) is 0 Å². The van der Waals surface area contributed by atoms with Crippen LogP contribution < -0.4 is 15.5 Å². The number of nitrogens with one attached hydrogen (secondary N) is 2. The number of piperazine rings is 1. The van der Waals surface area contributed by atoms with Crippen LogP contribution >= 0.6 is 0 Å². The number of anilines is 3. The van der Waals surface area contributed by atoms with Crippen LogP contribution in [0.5, 0.6) is 0 Å². The van der Waals surface area contributed by atoms with Crippen LogP contribution in [0.15, 0.2) is 67.0 Å². The van der Waals surface area contributed by atoms with Crippen molar-refractivity contribution in [1.29, 1.82) is 0 Å². The second-order valence-electron chi connectivity index (χ2n) is 8.21. The van der Waals surface area contributed by atoms with E-state index in [1.807, 2.05) is 47.2 Å². The van der Waals surface area contributed by atoms with Gasteiger partial charge in [-0.2, -0.15) is 4.98 Å². The quantitative estimate of drug-likeness (QED) is 0.495. The molecule has 2 N–H and O–H groups in total. The molecule has 5 rings (SSSR count). The lowest BCUT2D eigenvalue weighted by atomic mass is 10.2. The summed E-state index contributed by atoms with van der Waals surface area (Å²) in [6.45, 7) is 4.15. The molecule has 0 spiro atoms. The monoisotopic (exact) mass is 441 g/mol. The third-order valence-corrected chi connectivity index (χ3v) is 6.04. The van der Waals surface area contributed by atoms with Crippen LogP contribution in [0.3, 0.4) is 0 Å². The average molecular weight is 442 g/mol. The van der Waals surface area contributed by atoms with Crippen molar-refractivity contribution < 1.29 is 4.79 Å². The smallest absolute Gasteiger partial charge is 0.253 e. The Bertz CT molecular complexity index is 1290. The lowest BCUT2D eigenvalue weighted by Crippen LogP contribution is -2.44. The zero-order valence-electron chi connectivity index (χ0n) is 18.8. The average Bonchev–Trinajstić information content (AvgIpc) is 3.24. The standard InChI is InChI=1S/C25H27N7O/c1-26-24(33)21-17-32(22-9-4-3-8-20(21)22)23-10-11-27-25(29-23)28-18-6-5-7-19(16-18)31-14-12-30(2)13-15-31/h3-11,16-17H,12-15H2,1-2H3,(H,26,33)(H,27,28,29). The summed E-state index contributed by atoms with van der Waals surface area (Å²) in [6, 6.07) is 18.0. The number of hydrogen-bond acceptors (Lipinski definition) is 6. The molecule has 0 saturated carbocycles. The maximum atomic E-state index is 12.4. The summed E-state index contributed by atoms with van der Waals surface area (Å²) >= 11 is 0. The first-order valence-corrected chi connectivity index (χ1v) is 11.1. The van der Waals surface area contributed by atoms with E-state index in [-0.39, 0.29) is 5.91 Å². The Morgan fingerprint density at radius 1 is 1.00 bits per heavy atom. The first-order chi connectivity index (χ1) is 16.1. The molecule has 4 aromatic rings. The Balaban J connectivity index is 1.43. The van der Waals surface area contributed by atoms with Crippen LogP contribution in [0.2, 0.25) is 0 Å². The van der Waals surface area contributed by atoms with Crippen LogP contribution in [0.25, 0.3) is 16.7 Å². The fraction of sp³-hybridized carbons (Fsp3) is 0.240. The number of rotatable bonds is 5. The maximum Gasteiger partial charge on any atom is 0.253 e. The van der Waals surface area contributed by atoms with Crippen molar-refractivity contribution in [2.45, 2.75) is 0 Å². The van der Waals surface area contributed by atoms with Gasteiger partial charge in [-0.25, -0.2) is 4.98 Å². The van der Waals surface area contributed by atoms with Gasteiger partial charge < -0.3 is 25.0 Å². The third kappa shape index (κ3) is 4.25. The van der Waals surface area contributed by atoms with E-state index in [0.717, 1.165) is 42.8 Å². The zero-order chi connectivity index (χ0) is 22.8. The predicted octanol–water partition coefficient (Wildman–Crippen LogP) is 3.28. The second-order valence-corrected chi connectivity index (χ2v) is 8.21. The van der Waals surface area contributed by atoms with Gasteiger partial charge in [-0.15, -0.1) is 0 Å². The number of benzene rings is 2. The highest BCUT2D eigenvalue weighted by Gasteiger charge is 2.16. The summed E-state index contributed by atoms with van der Waals surface area (Å²) in [7, 11) is 3.79. The fourth-order valence-electron chi connectivity index (χ4n) is 4.20. The number of para-hydroxylation sites is 1. The van der Waals surface area contributed by atoms with Gasteiger partial charge >= 0.3 is 0 Å². The highest BCUT2D eigenvalue weighted by molar-refractivity contribution is 6.07. The molecule has 1 saturated heterocycles. The summed E-state index contributed by atoms with van der Waals surface area (Å²) in [4.78, 5) is 26.3. The Morgan fingerprint density at radius 3 is 2.64 bits per heavy atom. The summed E-state index contributed by atoms with van der Waals surface area (Å²) in [6.07, 6.45) is 3.55. The molecule has 8 nitrogen and oxygen atoms in total. The minimum absolute atomic E-state index is 0.127. The Labute approximate surface area is 192 Å². The van der Waals surface area contributed by atoms with Crippen molar-refractivity contribution in [3.8, 4) is 5.82 Å². The van der Waals surface area contributed by atoms with E-state index in [2.05, 4.69) is 50.7 Å². The van der Waals surface area contributed by atoms with Crippen LogP contribution in [0.1, 0.15) is 10.4 Å². The number of aromatic nitrogens is 3. The number of hydrogen-bond donors (Lipinski definition) is 2. The Hall–Kier alpha value is -3.91. The maximum absolute atomic E-state index is 12.4. The van der Waals surface area contributed by atoms with E-state index < -0.39 is 0 Å². The van der Waals surface area contributed by atoms with Gasteiger partial charge in [-0.1, -0.05) is 24.3 Å². The number of likely N-dealkylation sites (N-methyl/N-ethyl adjacent to an activating group) is 1. The van der Waals surface area contributed by atoms with Gasteiger partial charge in [0.25, 0.3) is 5.91 Å². The topological polar surface area (TPSA) is 78.3 Å². The van der Waals surface area contributed by atoms with Gasteiger partial charge in [0.05, 0.1) is 11.1 Å². The van der Waals surface area contributed by atoms with E-state index in [9.17, 15) is 4.79 Å². The molecule has 1 aliphatic rings. The number of amides is 1. The molecule has 1 amide bonds. The number of carbonyl (C=O) groups is 1. The Kier molecular flexibility index (Phi) is 5.66. The predicted molar refractivity (Wildman–Crippen MR) is 132 cm³/mol. The summed E-state index contributed by atoms with van der Waals surface area (Å²) in [5, 5.41) is 6.93. The van der Waals surface area contributed by atoms with E-state index in [1.54, 1.807) is 13.2 Å². The first kappa shape index (κ1) is 21.0. The van der Waals surface area contributed by atoms with Gasteiger partial charge in [0.15, 0.2) is 0 Å². The lowest BCUT2D eigenvalue weighted by molar-refractivity contribution is 0.0964. The van der Waals surface area contributed by atoms with E-state index >= 15 is 0 Å². The molecule has 1 aliphatic heterocycles. The third-order valence-electron chi connectivity index (χ3n) is 6.04. The SMILES string of the molecule is CNC(=O)c1cn(-c2ccnc(Nc3cccc(N4CCN(C)CC4)c3)n2)c2ccccc12. The minimum atomic E-state index is -0.127. The summed E-state index contributed by atoms with van der Waals surface area (Å²) < 4.78 is 1.92. The molecule has 0 aliphatic carbocycles. The van der Waals surface area contributed by atoms with E-state index in [1.165, 1.54) is 5.69 Å². The van der Waals surface area contributed by atoms with Gasteiger partial charge in [-0.05, 0) is 37.4 Å². The second kappa shape index (κ2) is 8.91. The number of nitrogens with zero attached hydrogens (tertiary/aromatic N) is 5. The van der Waals surface area contributed by atoms with Gasteiger partial charge in [0.1, 0.15) is 5.82 Å². The molecule has 0 radical (unpaired) electrons. The molecule has 0 unspecified atom stereocenters. The molecular weight excluding hydrogens is 414 g/mol. The van der Waals surface area contributed by atoms with Crippen LogP contribution in [-0.2, 0) is 0 Å². The molecule has 0 atom stereocenters. The molecule has 8 heteroatoms. The van der Waals surface area contributed by atoms with Gasteiger partial charge in [-0.3, -0.25) is 4.79 Å². The molecular formula is C25H27N7O. The highest BCUT2D eigenvalue weighted by atomic mass is 16.1. The molecule has 2 aromatic heterocycles. The molecule has 33 heavy (non-hydrogen) atoms. The number of fused-ring (bicyclic) bond motifs is 1. The van der Waals surface area contributed by atoms with E-state index in [4.69, 9.17) is 4.98 Å². The zero-order valence-corrected chi connectivity index (χ0v) is 18.8. The normalized spacial score (nSPS) is 14.4. The van der Waals surface area contributed by atoms with Crippen molar-refractivity contribution in [3.05, 3.63) is 72.6 Å². The fourth-order valence-corrected chi connectivity index (χ4v) is 4.20. The van der Waals surface area contributed by atoms with Crippen LogP contribution in [0.4, 0.5) is 17.3 Å². The first-order valence-electron chi connectivity index (χ1n) is 11.1. The van der Waals surface area contributed by atoms with Crippen molar-refractivity contribution in [1.82, 2.24) is 24.8 Å². The highest BCUT2D eigenvalue weighted by Crippen LogP contribution is 2.26. The van der Waals surface area contributed by atoms with Crippen molar-refractivity contribution in [2.75, 3.05) is 50.5 Å². The van der Waals surface area contributed by atoms with Crippen LogP contribution in [-0.4, -0.2) is 65.6 Å². The lowest BCUT2D eigenvalue weighted by Gasteiger charge is -2.34.